The van der Waals surface area contributed by atoms with Crippen LogP contribution in [-0.2, 0) is 13.6 Å². The van der Waals surface area contributed by atoms with E-state index >= 15 is 0 Å². The van der Waals surface area contributed by atoms with E-state index in [-0.39, 0.29) is 30.7 Å². The van der Waals surface area contributed by atoms with Gasteiger partial charge in [0, 0.05) is 16.7 Å². The first-order valence-electron chi connectivity index (χ1n) is 5.78. The van der Waals surface area contributed by atoms with Crippen LogP contribution in [0.5, 0.6) is 0 Å². The van der Waals surface area contributed by atoms with E-state index < -0.39 is 23.1 Å². The molecule has 0 N–H and O–H groups in total. The first-order chi connectivity index (χ1) is 9.96. The number of halogens is 3. The lowest BCUT2D eigenvalue weighted by molar-refractivity contribution is -0.493. The minimum absolute atomic E-state index is 0.0600. The molecule has 0 radical (unpaired) electrons. The van der Waals surface area contributed by atoms with E-state index in [0.717, 1.165) is 0 Å². The van der Waals surface area contributed by atoms with E-state index in [2.05, 4.69) is 15.9 Å². The molecule has 11 heteroatoms. The summed E-state index contributed by atoms with van der Waals surface area (Å²) in [5.41, 5.74) is -1.26. The van der Waals surface area contributed by atoms with Gasteiger partial charge in [-0.3, -0.25) is 14.7 Å². The maximum absolute atomic E-state index is 12.9. The van der Waals surface area contributed by atoms with Crippen molar-refractivity contribution in [3.63, 3.8) is 0 Å². The molecule has 2 unspecified atom stereocenters. The fraction of sp³-hybridized carbons (Fsp3) is 0.600. The summed E-state index contributed by atoms with van der Waals surface area (Å²) in [7, 11) is -3.91. The summed E-state index contributed by atoms with van der Waals surface area (Å²) < 4.78 is 28.4. The Kier molecular flexibility index (Phi) is 8.23. The molecule has 0 aliphatic rings. The zero-order chi connectivity index (χ0) is 15.9. The topological polar surface area (TPSA) is 91.8 Å². The van der Waals surface area contributed by atoms with Crippen LogP contribution in [0, 0.1) is 10.1 Å². The minimum Gasteiger partial charge on any atom is -0.468 e. The maximum atomic E-state index is 12.9. The number of alkyl halides is 3. The molecule has 0 amide bonds. The van der Waals surface area contributed by atoms with Gasteiger partial charge in [-0.1, -0.05) is 0 Å². The summed E-state index contributed by atoms with van der Waals surface area (Å²) in [4.78, 5) is 9.00. The Morgan fingerprint density at radius 2 is 1.95 bits per heavy atom. The van der Waals surface area contributed by atoms with Crippen LogP contribution in [0.25, 0.3) is 0 Å². The van der Waals surface area contributed by atoms with Crippen LogP contribution in [0.1, 0.15) is 11.4 Å². The van der Waals surface area contributed by atoms with Gasteiger partial charge < -0.3 is 13.5 Å². The van der Waals surface area contributed by atoms with Crippen molar-refractivity contribution < 1.29 is 23.0 Å². The molecule has 21 heavy (non-hydrogen) atoms. The van der Waals surface area contributed by atoms with Crippen LogP contribution >= 0.6 is 46.7 Å². The highest BCUT2D eigenvalue weighted by Gasteiger charge is 2.49. The van der Waals surface area contributed by atoms with Crippen LogP contribution < -0.4 is 0 Å². The summed E-state index contributed by atoms with van der Waals surface area (Å²) in [6.45, 7) is -0.175. The lowest BCUT2D eigenvalue weighted by atomic mass is 10.3. The summed E-state index contributed by atoms with van der Waals surface area (Å²) in [5, 5.41) is 11.1. The predicted octanol–water partition coefficient (Wildman–Crippen LogP) is 4.02. The number of nitrogens with zero attached hydrogens (tertiary/aromatic N) is 1. The predicted molar refractivity (Wildman–Crippen MR) is 82.1 cm³/mol. The molecule has 0 saturated carbocycles. The number of hydrogen-bond donors (Lipinski definition) is 0. The van der Waals surface area contributed by atoms with Gasteiger partial charge >= 0.3 is 7.60 Å². The molecular weight excluding hydrogens is 412 g/mol. The van der Waals surface area contributed by atoms with Gasteiger partial charge in [-0.05, 0) is 28.1 Å². The highest BCUT2D eigenvalue weighted by molar-refractivity contribution is 9.09. The molecule has 0 spiro atoms. The fourth-order valence-corrected chi connectivity index (χ4v) is 4.99. The second kappa shape index (κ2) is 9.12. The van der Waals surface area contributed by atoms with Gasteiger partial charge in [-0.25, -0.2) is 0 Å². The molecule has 0 bridgehead atoms. The standard InChI is InChI=1S/C10H13BrCl2NO6P/c11-10(14(15)16)9(8-2-1-5-18-8)21(17,19-6-3-12)20-7-4-13/h1-2,5,9-10H,3-4,6-7H2. The Morgan fingerprint density at radius 1 is 1.38 bits per heavy atom. The number of furan rings is 1. The molecule has 0 aliphatic carbocycles. The molecule has 1 aromatic heterocycles. The van der Waals surface area contributed by atoms with Crippen molar-refractivity contribution in [2.24, 2.45) is 0 Å². The Hall–Kier alpha value is -0.110. The fourth-order valence-electron chi connectivity index (χ4n) is 1.54. The molecule has 120 valence electrons. The van der Waals surface area contributed by atoms with E-state index in [1.54, 1.807) is 0 Å². The van der Waals surface area contributed by atoms with Crippen molar-refractivity contribution in [1.29, 1.82) is 0 Å². The quantitative estimate of drug-likeness (QED) is 0.185. The largest absolute Gasteiger partial charge is 0.468 e. The second-order valence-electron chi connectivity index (χ2n) is 3.70. The lowest BCUT2D eigenvalue weighted by Gasteiger charge is -2.25. The first-order valence-corrected chi connectivity index (χ1v) is 9.37. The van der Waals surface area contributed by atoms with E-state index in [4.69, 9.17) is 36.7 Å². The molecule has 2 atom stereocenters. The molecule has 0 aliphatic heterocycles. The van der Waals surface area contributed by atoms with Crippen molar-refractivity contribution in [1.82, 2.24) is 0 Å². The number of rotatable bonds is 10. The summed E-state index contributed by atoms with van der Waals surface area (Å²) in [6.07, 6.45) is 1.31. The minimum atomic E-state index is -3.91. The smallest absolute Gasteiger partial charge is 0.349 e. The molecule has 0 fully saturated rings. The van der Waals surface area contributed by atoms with Crippen LogP contribution in [0.15, 0.2) is 22.8 Å². The van der Waals surface area contributed by atoms with Gasteiger partial charge in [-0.2, -0.15) is 0 Å². The van der Waals surface area contributed by atoms with E-state index in [1.807, 2.05) is 0 Å². The average molecular weight is 425 g/mol. The van der Waals surface area contributed by atoms with Crippen LogP contribution in [0.4, 0.5) is 0 Å². The summed E-state index contributed by atoms with van der Waals surface area (Å²) >= 11 is 13.9. The Morgan fingerprint density at radius 3 is 2.33 bits per heavy atom. The van der Waals surface area contributed by atoms with Crippen molar-refractivity contribution in [2.75, 3.05) is 25.0 Å². The van der Waals surface area contributed by atoms with Crippen LogP contribution in [-0.4, -0.2) is 34.8 Å². The third kappa shape index (κ3) is 5.23. The first kappa shape index (κ1) is 18.9. The summed E-state index contributed by atoms with van der Waals surface area (Å²) in [6, 6.07) is 2.98. The van der Waals surface area contributed by atoms with E-state index in [9.17, 15) is 14.7 Å². The zero-order valence-corrected chi connectivity index (χ0v) is 14.7. The number of nitro groups is 1. The van der Waals surface area contributed by atoms with Crippen molar-refractivity contribution in [3.05, 3.63) is 34.3 Å². The maximum Gasteiger partial charge on any atom is 0.349 e. The molecular formula is C10H13BrCl2NO6P. The van der Waals surface area contributed by atoms with Gasteiger partial charge in [0.2, 0.25) is 0 Å². The Labute approximate surface area is 139 Å². The van der Waals surface area contributed by atoms with E-state index in [0.29, 0.717) is 0 Å². The van der Waals surface area contributed by atoms with Gasteiger partial charge in [0.05, 0.1) is 19.5 Å². The van der Waals surface area contributed by atoms with Crippen LogP contribution in [0.2, 0.25) is 0 Å². The molecule has 1 aromatic rings. The molecule has 1 heterocycles. The monoisotopic (exact) mass is 423 g/mol. The lowest BCUT2D eigenvalue weighted by Crippen LogP contribution is -2.23. The normalized spacial score (nSPS) is 14.8. The van der Waals surface area contributed by atoms with E-state index in [1.165, 1.54) is 18.4 Å². The highest BCUT2D eigenvalue weighted by Crippen LogP contribution is 2.63. The second-order valence-corrected chi connectivity index (χ2v) is 7.55. The number of hydrogen-bond acceptors (Lipinski definition) is 6. The average Bonchev–Trinajstić information content (AvgIpc) is 2.97. The molecule has 7 nitrogen and oxygen atoms in total. The molecule has 0 aromatic carbocycles. The third-order valence-electron chi connectivity index (χ3n) is 2.33. The van der Waals surface area contributed by atoms with Gasteiger partial charge in [0.25, 0.3) is 4.95 Å². The van der Waals surface area contributed by atoms with Crippen molar-refractivity contribution in [3.8, 4) is 0 Å². The SMILES string of the molecule is O=[N+]([O-])C(Br)C(c1ccco1)P(=O)(OCCCl)OCCCl. The summed E-state index contributed by atoms with van der Waals surface area (Å²) in [5.74, 6) is 0.232. The third-order valence-corrected chi connectivity index (χ3v) is 6.22. The molecule has 0 saturated heterocycles. The zero-order valence-electron chi connectivity index (χ0n) is 10.7. The Balaban J connectivity index is 3.16. The van der Waals surface area contributed by atoms with Gasteiger partial charge in [0.1, 0.15) is 5.76 Å². The van der Waals surface area contributed by atoms with Gasteiger partial charge in [0.15, 0.2) is 5.66 Å². The molecule has 1 rings (SSSR count). The Bertz CT molecular complexity index is 476. The van der Waals surface area contributed by atoms with Crippen molar-refractivity contribution >= 4 is 46.7 Å². The highest BCUT2D eigenvalue weighted by atomic mass is 79.9. The van der Waals surface area contributed by atoms with Crippen molar-refractivity contribution in [2.45, 2.75) is 10.6 Å². The van der Waals surface area contributed by atoms with Gasteiger partial charge in [-0.15, -0.1) is 23.2 Å². The van der Waals surface area contributed by atoms with Crippen LogP contribution in [0.3, 0.4) is 0 Å².